The van der Waals surface area contributed by atoms with Crippen LogP contribution in [0.3, 0.4) is 0 Å². The number of nitrogens with zero attached hydrogens (tertiary/aromatic N) is 2. The van der Waals surface area contributed by atoms with Gasteiger partial charge < -0.3 is 10.2 Å². The summed E-state index contributed by atoms with van der Waals surface area (Å²) in [5.74, 6) is -1.25. The summed E-state index contributed by atoms with van der Waals surface area (Å²) in [6, 6.07) is 0.866. The second kappa shape index (κ2) is 5.02. The molecule has 0 fully saturated rings. The fourth-order valence-corrected chi connectivity index (χ4v) is 1.35. The van der Waals surface area contributed by atoms with E-state index in [1.54, 1.807) is 0 Å². The Bertz CT molecular complexity index is 328. The molecule has 0 aliphatic heterocycles. The third kappa shape index (κ3) is 3.79. The Hall–Kier alpha value is -1.23. The molecule has 3 nitrogen and oxygen atoms in total. The minimum atomic E-state index is -0.668. The second-order valence-electron chi connectivity index (χ2n) is 3.79. The highest BCUT2D eigenvalue weighted by atomic mass is 19.1. The Labute approximate surface area is 88.1 Å². The first-order chi connectivity index (χ1) is 6.99. The van der Waals surface area contributed by atoms with E-state index in [0.717, 1.165) is 18.8 Å². The molecule has 0 aliphatic rings. The van der Waals surface area contributed by atoms with Crippen LogP contribution in [0.2, 0.25) is 0 Å². The molecule has 84 valence electrons. The van der Waals surface area contributed by atoms with Crippen LogP contribution < -0.4 is 5.32 Å². The molecule has 0 saturated heterocycles. The average Bonchev–Trinajstić information content (AvgIpc) is 2.08. The fourth-order valence-electron chi connectivity index (χ4n) is 1.35. The molecule has 1 rings (SSSR count). The Balaban J connectivity index is 2.64. The fraction of sp³-hybridized carbons (Fsp3) is 0.500. The highest BCUT2D eigenvalue weighted by Gasteiger charge is 2.09. The first kappa shape index (κ1) is 11.8. The lowest BCUT2D eigenvalue weighted by molar-refractivity contribution is 0.391. The smallest absolute Gasteiger partial charge is 0.168 e. The van der Waals surface area contributed by atoms with Crippen molar-refractivity contribution in [2.45, 2.75) is 13.0 Å². The summed E-state index contributed by atoms with van der Waals surface area (Å²) in [7, 11) is 3.85. The number of likely N-dealkylation sites (N-methyl/N-ethyl adjacent to an activating group) is 1. The summed E-state index contributed by atoms with van der Waals surface area (Å²) in [5.41, 5.74) is 0. The minimum Gasteiger partial charge on any atom is -0.364 e. The maximum atomic E-state index is 13.2. The van der Waals surface area contributed by atoms with E-state index in [1.807, 2.05) is 25.9 Å². The van der Waals surface area contributed by atoms with Crippen LogP contribution in [0.15, 0.2) is 12.3 Å². The highest BCUT2D eigenvalue weighted by molar-refractivity contribution is 5.36. The summed E-state index contributed by atoms with van der Waals surface area (Å²) < 4.78 is 25.7. The Morgan fingerprint density at radius 2 is 2.13 bits per heavy atom. The molecule has 0 aliphatic carbocycles. The van der Waals surface area contributed by atoms with Crippen LogP contribution in [0.5, 0.6) is 0 Å². The van der Waals surface area contributed by atoms with E-state index < -0.39 is 11.6 Å². The lowest BCUT2D eigenvalue weighted by atomic mass is 10.3. The van der Waals surface area contributed by atoms with Crippen molar-refractivity contribution in [3.05, 3.63) is 23.9 Å². The van der Waals surface area contributed by atoms with E-state index in [0.29, 0.717) is 0 Å². The van der Waals surface area contributed by atoms with E-state index in [9.17, 15) is 8.78 Å². The van der Waals surface area contributed by atoms with Crippen molar-refractivity contribution in [1.29, 1.82) is 0 Å². The van der Waals surface area contributed by atoms with Gasteiger partial charge in [0.1, 0.15) is 5.82 Å². The van der Waals surface area contributed by atoms with Gasteiger partial charge in [-0.15, -0.1) is 0 Å². The number of rotatable bonds is 4. The molecule has 0 spiro atoms. The molecule has 1 atom stereocenters. The van der Waals surface area contributed by atoms with Crippen molar-refractivity contribution >= 4 is 5.82 Å². The first-order valence-electron chi connectivity index (χ1n) is 4.71. The number of aromatic nitrogens is 1. The van der Waals surface area contributed by atoms with E-state index in [1.165, 1.54) is 0 Å². The molecule has 1 aromatic rings. The van der Waals surface area contributed by atoms with Crippen molar-refractivity contribution in [2.24, 2.45) is 0 Å². The van der Waals surface area contributed by atoms with Gasteiger partial charge in [0.05, 0.1) is 6.20 Å². The predicted octanol–water partition coefficient (Wildman–Crippen LogP) is 1.72. The van der Waals surface area contributed by atoms with Crippen molar-refractivity contribution in [3.8, 4) is 0 Å². The molecule has 0 aromatic carbocycles. The number of pyridine rings is 1. The third-order valence-electron chi connectivity index (χ3n) is 1.83. The van der Waals surface area contributed by atoms with Crippen molar-refractivity contribution < 1.29 is 8.78 Å². The summed E-state index contributed by atoms with van der Waals surface area (Å²) in [5, 5.41) is 2.87. The average molecular weight is 215 g/mol. The topological polar surface area (TPSA) is 28.2 Å². The summed E-state index contributed by atoms with van der Waals surface area (Å²) >= 11 is 0. The lowest BCUT2D eigenvalue weighted by Crippen LogP contribution is -2.30. The van der Waals surface area contributed by atoms with Gasteiger partial charge in [-0.2, -0.15) is 0 Å². The van der Waals surface area contributed by atoms with Gasteiger partial charge >= 0.3 is 0 Å². The zero-order valence-electron chi connectivity index (χ0n) is 9.09. The van der Waals surface area contributed by atoms with E-state index in [-0.39, 0.29) is 11.9 Å². The van der Waals surface area contributed by atoms with Crippen LogP contribution in [0.25, 0.3) is 0 Å². The summed E-state index contributed by atoms with van der Waals surface area (Å²) in [6.45, 7) is 2.66. The maximum Gasteiger partial charge on any atom is 0.168 e. The molecule has 0 bridgehead atoms. The van der Waals surface area contributed by atoms with Crippen LogP contribution >= 0.6 is 0 Å². The number of nitrogens with one attached hydrogen (secondary N) is 1. The second-order valence-corrected chi connectivity index (χ2v) is 3.79. The van der Waals surface area contributed by atoms with Gasteiger partial charge in [-0.3, -0.25) is 0 Å². The molecule has 1 unspecified atom stereocenters. The van der Waals surface area contributed by atoms with E-state index in [4.69, 9.17) is 0 Å². The zero-order chi connectivity index (χ0) is 11.4. The van der Waals surface area contributed by atoms with Crippen LogP contribution in [0.4, 0.5) is 14.6 Å². The predicted molar refractivity (Wildman–Crippen MR) is 55.8 cm³/mol. The van der Waals surface area contributed by atoms with Gasteiger partial charge in [-0.1, -0.05) is 0 Å². The lowest BCUT2D eigenvalue weighted by Gasteiger charge is -2.18. The third-order valence-corrected chi connectivity index (χ3v) is 1.83. The minimum absolute atomic E-state index is 0.0486. The highest BCUT2D eigenvalue weighted by Crippen LogP contribution is 2.12. The summed E-state index contributed by atoms with van der Waals surface area (Å²) in [6.07, 6.45) is 0.994. The van der Waals surface area contributed by atoms with Crippen LogP contribution in [0, 0.1) is 11.6 Å². The molecular formula is C10H15F2N3. The van der Waals surface area contributed by atoms with Crippen LogP contribution in [0.1, 0.15) is 6.92 Å². The monoisotopic (exact) mass is 215 g/mol. The van der Waals surface area contributed by atoms with Crippen LogP contribution in [-0.4, -0.2) is 36.6 Å². The molecule has 0 amide bonds. The van der Waals surface area contributed by atoms with Gasteiger partial charge in [0.25, 0.3) is 0 Å². The van der Waals surface area contributed by atoms with Gasteiger partial charge in [0.15, 0.2) is 11.6 Å². The van der Waals surface area contributed by atoms with Crippen LogP contribution in [-0.2, 0) is 0 Å². The van der Waals surface area contributed by atoms with Gasteiger partial charge in [-0.25, -0.2) is 13.8 Å². The first-order valence-corrected chi connectivity index (χ1v) is 4.71. The Morgan fingerprint density at radius 3 is 2.67 bits per heavy atom. The van der Waals surface area contributed by atoms with E-state index in [2.05, 4.69) is 10.3 Å². The quantitative estimate of drug-likeness (QED) is 0.829. The Kier molecular flexibility index (Phi) is 3.96. The largest absolute Gasteiger partial charge is 0.364 e. The molecule has 15 heavy (non-hydrogen) atoms. The van der Waals surface area contributed by atoms with Gasteiger partial charge in [-0.05, 0) is 21.0 Å². The SMILES string of the molecule is CC(CN(C)C)Nc1ncc(F)cc1F. The van der Waals surface area contributed by atoms with Crippen molar-refractivity contribution in [3.63, 3.8) is 0 Å². The van der Waals surface area contributed by atoms with Crippen molar-refractivity contribution in [2.75, 3.05) is 26.0 Å². The molecule has 1 N–H and O–H groups in total. The zero-order valence-corrected chi connectivity index (χ0v) is 9.09. The number of hydrogen-bond donors (Lipinski definition) is 1. The molecular weight excluding hydrogens is 200 g/mol. The number of anilines is 1. The Morgan fingerprint density at radius 1 is 1.47 bits per heavy atom. The van der Waals surface area contributed by atoms with E-state index >= 15 is 0 Å². The molecule has 5 heteroatoms. The number of hydrogen-bond acceptors (Lipinski definition) is 3. The standard InChI is InChI=1S/C10H15F2N3/c1-7(6-15(2)3)14-10-9(12)4-8(11)5-13-10/h4-5,7H,6H2,1-3H3,(H,13,14). The molecule has 1 heterocycles. The van der Waals surface area contributed by atoms with Gasteiger partial charge in [0.2, 0.25) is 0 Å². The van der Waals surface area contributed by atoms with Gasteiger partial charge in [0, 0.05) is 18.7 Å². The normalized spacial score (nSPS) is 12.9. The van der Waals surface area contributed by atoms with Crippen molar-refractivity contribution in [1.82, 2.24) is 9.88 Å². The maximum absolute atomic E-state index is 13.2. The number of halogens is 2. The summed E-state index contributed by atoms with van der Waals surface area (Å²) in [4.78, 5) is 5.62. The molecule has 1 aromatic heterocycles. The molecule has 0 saturated carbocycles. The molecule has 0 radical (unpaired) electrons.